The van der Waals surface area contributed by atoms with Crippen LogP contribution in [-0.4, -0.2) is 37.1 Å². The summed E-state index contributed by atoms with van der Waals surface area (Å²) in [4.78, 5) is 13.6. The molecule has 2 atom stereocenters. The van der Waals surface area contributed by atoms with Crippen molar-refractivity contribution in [1.29, 1.82) is 0 Å². The third-order valence-electron chi connectivity index (χ3n) is 3.03. The number of hydrogen-bond donors (Lipinski definition) is 0. The lowest BCUT2D eigenvalue weighted by Crippen LogP contribution is -2.32. The first kappa shape index (κ1) is 11.5. The van der Waals surface area contributed by atoms with E-state index in [2.05, 4.69) is 18.9 Å². The van der Waals surface area contributed by atoms with Crippen LogP contribution in [0.2, 0.25) is 0 Å². The predicted octanol–water partition coefficient (Wildman–Crippen LogP) is 1.67. The first-order valence-corrected chi connectivity index (χ1v) is 5.51. The number of rotatable bonds is 4. The van der Waals surface area contributed by atoms with Crippen LogP contribution in [0.4, 0.5) is 0 Å². The molecule has 1 rings (SSSR count). The van der Waals surface area contributed by atoms with Crippen molar-refractivity contribution in [2.45, 2.75) is 39.2 Å². The molecule has 0 bridgehead atoms. The normalized spacial score (nSPS) is 24.9. The van der Waals surface area contributed by atoms with E-state index in [4.69, 9.17) is 4.74 Å². The molecular formula is C11H21NO2. The summed E-state index contributed by atoms with van der Waals surface area (Å²) >= 11 is 0. The SMILES string of the molecule is CCOC(=O)CC(C)C1CCCN1C. The smallest absolute Gasteiger partial charge is 0.306 e. The average Bonchev–Trinajstić information content (AvgIpc) is 2.51. The molecule has 1 aliphatic heterocycles. The van der Waals surface area contributed by atoms with Gasteiger partial charge in [-0.3, -0.25) is 4.79 Å². The molecule has 0 aromatic rings. The van der Waals surface area contributed by atoms with Gasteiger partial charge in [0.2, 0.25) is 0 Å². The number of likely N-dealkylation sites (tertiary alicyclic amines) is 1. The molecule has 0 aromatic heterocycles. The molecule has 1 heterocycles. The van der Waals surface area contributed by atoms with E-state index >= 15 is 0 Å². The molecular weight excluding hydrogens is 178 g/mol. The van der Waals surface area contributed by atoms with Gasteiger partial charge < -0.3 is 9.64 Å². The molecule has 0 amide bonds. The Morgan fingerprint density at radius 3 is 2.86 bits per heavy atom. The van der Waals surface area contributed by atoms with E-state index in [-0.39, 0.29) is 5.97 Å². The van der Waals surface area contributed by atoms with Crippen LogP contribution < -0.4 is 0 Å². The van der Waals surface area contributed by atoms with Crippen molar-refractivity contribution in [3.05, 3.63) is 0 Å². The first-order valence-electron chi connectivity index (χ1n) is 5.51. The third-order valence-corrected chi connectivity index (χ3v) is 3.03. The van der Waals surface area contributed by atoms with Crippen LogP contribution >= 0.6 is 0 Å². The lowest BCUT2D eigenvalue weighted by atomic mass is 9.96. The lowest BCUT2D eigenvalue weighted by molar-refractivity contribution is -0.144. The fourth-order valence-electron chi connectivity index (χ4n) is 2.27. The Bertz CT molecular complexity index is 194. The second-order valence-corrected chi connectivity index (χ2v) is 4.18. The highest BCUT2D eigenvalue weighted by Crippen LogP contribution is 2.24. The van der Waals surface area contributed by atoms with Gasteiger partial charge in [0.1, 0.15) is 0 Å². The highest BCUT2D eigenvalue weighted by molar-refractivity contribution is 5.69. The van der Waals surface area contributed by atoms with Gasteiger partial charge in [0.25, 0.3) is 0 Å². The molecule has 3 nitrogen and oxygen atoms in total. The van der Waals surface area contributed by atoms with E-state index in [1.54, 1.807) is 0 Å². The van der Waals surface area contributed by atoms with Gasteiger partial charge in [-0.05, 0) is 39.3 Å². The van der Waals surface area contributed by atoms with E-state index in [0.717, 1.165) is 6.54 Å². The van der Waals surface area contributed by atoms with Crippen LogP contribution in [0.25, 0.3) is 0 Å². The summed E-state index contributed by atoms with van der Waals surface area (Å²) < 4.78 is 4.95. The van der Waals surface area contributed by atoms with Gasteiger partial charge in [0.05, 0.1) is 6.61 Å². The molecule has 0 aromatic carbocycles. The fourth-order valence-corrected chi connectivity index (χ4v) is 2.27. The first-order chi connectivity index (χ1) is 6.65. The van der Waals surface area contributed by atoms with E-state index < -0.39 is 0 Å². The summed E-state index contributed by atoms with van der Waals surface area (Å²) in [6.45, 7) is 5.65. The van der Waals surface area contributed by atoms with Gasteiger partial charge in [-0.2, -0.15) is 0 Å². The summed E-state index contributed by atoms with van der Waals surface area (Å²) in [5.74, 6) is 0.363. The Hall–Kier alpha value is -0.570. The van der Waals surface area contributed by atoms with Crippen LogP contribution in [0.3, 0.4) is 0 Å². The molecule has 0 aliphatic carbocycles. The molecule has 82 valence electrons. The number of esters is 1. The van der Waals surface area contributed by atoms with Crippen molar-refractivity contribution in [2.24, 2.45) is 5.92 Å². The predicted molar refractivity (Wildman–Crippen MR) is 56.1 cm³/mol. The molecule has 1 aliphatic rings. The van der Waals surface area contributed by atoms with Gasteiger partial charge >= 0.3 is 5.97 Å². The Labute approximate surface area is 86.4 Å². The van der Waals surface area contributed by atoms with E-state index in [1.165, 1.54) is 12.8 Å². The molecule has 1 saturated heterocycles. The van der Waals surface area contributed by atoms with Gasteiger partial charge in [-0.15, -0.1) is 0 Å². The highest BCUT2D eigenvalue weighted by atomic mass is 16.5. The van der Waals surface area contributed by atoms with Crippen molar-refractivity contribution < 1.29 is 9.53 Å². The average molecular weight is 199 g/mol. The third kappa shape index (κ3) is 2.98. The minimum Gasteiger partial charge on any atom is -0.466 e. The maximum atomic E-state index is 11.3. The van der Waals surface area contributed by atoms with Gasteiger partial charge in [-0.25, -0.2) is 0 Å². The second-order valence-electron chi connectivity index (χ2n) is 4.18. The van der Waals surface area contributed by atoms with Crippen LogP contribution in [-0.2, 0) is 9.53 Å². The zero-order valence-electron chi connectivity index (χ0n) is 9.45. The molecule has 0 radical (unpaired) electrons. The van der Waals surface area contributed by atoms with Crippen LogP contribution in [0, 0.1) is 5.92 Å². The summed E-state index contributed by atoms with van der Waals surface area (Å²) in [5.41, 5.74) is 0. The summed E-state index contributed by atoms with van der Waals surface area (Å²) in [5, 5.41) is 0. The molecule has 2 unspecified atom stereocenters. The molecule has 1 fully saturated rings. The topological polar surface area (TPSA) is 29.5 Å². The molecule has 14 heavy (non-hydrogen) atoms. The van der Waals surface area contributed by atoms with Crippen molar-refractivity contribution in [3.63, 3.8) is 0 Å². The minimum absolute atomic E-state index is 0.0553. The second kappa shape index (κ2) is 5.35. The van der Waals surface area contributed by atoms with Gasteiger partial charge in [0.15, 0.2) is 0 Å². The number of ether oxygens (including phenoxy) is 1. The zero-order chi connectivity index (χ0) is 10.6. The van der Waals surface area contributed by atoms with Crippen molar-refractivity contribution in [2.75, 3.05) is 20.2 Å². The molecule has 0 spiro atoms. The fraction of sp³-hybridized carbons (Fsp3) is 0.909. The van der Waals surface area contributed by atoms with Gasteiger partial charge in [-0.1, -0.05) is 6.92 Å². The van der Waals surface area contributed by atoms with E-state index in [0.29, 0.717) is 25.0 Å². The maximum absolute atomic E-state index is 11.3. The largest absolute Gasteiger partial charge is 0.466 e. The van der Waals surface area contributed by atoms with Crippen LogP contribution in [0.15, 0.2) is 0 Å². The molecule has 3 heteroatoms. The van der Waals surface area contributed by atoms with E-state index in [1.807, 2.05) is 6.92 Å². The molecule has 0 saturated carbocycles. The Morgan fingerprint density at radius 2 is 2.36 bits per heavy atom. The number of carbonyl (C=O) groups excluding carboxylic acids is 1. The van der Waals surface area contributed by atoms with Crippen molar-refractivity contribution in [1.82, 2.24) is 4.90 Å². The minimum atomic E-state index is -0.0553. The summed E-state index contributed by atoms with van der Waals surface area (Å²) in [7, 11) is 2.14. The zero-order valence-corrected chi connectivity index (χ0v) is 9.45. The number of nitrogens with zero attached hydrogens (tertiary/aromatic N) is 1. The van der Waals surface area contributed by atoms with Crippen molar-refractivity contribution >= 4 is 5.97 Å². The summed E-state index contributed by atoms with van der Waals surface area (Å²) in [6, 6.07) is 0.569. The quantitative estimate of drug-likeness (QED) is 0.645. The van der Waals surface area contributed by atoms with Crippen molar-refractivity contribution in [3.8, 4) is 0 Å². The Kier molecular flexibility index (Phi) is 4.39. The standard InChI is InChI=1S/C11H21NO2/c1-4-14-11(13)8-9(2)10-6-5-7-12(10)3/h9-10H,4-8H2,1-3H3. The Balaban J connectivity index is 2.33. The maximum Gasteiger partial charge on any atom is 0.306 e. The summed E-state index contributed by atoms with van der Waals surface area (Å²) in [6.07, 6.45) is 3.04. The lowest BCUT2D eigenvalue weighted by Gasteiger charge is -2.25. The van der Waals surface area contributed by atoms with Gasteiger partial charge in [0, 0.05) is 12.5 Å². The van der Waals surface area contributed by atoms with E-state index in [9.17, 15) is 4.79 Å². The Morgan fingerprint density at radius 1 is 1.64 bits per heavy atom. The highest BCUT2D eigenvalue weighted by Gasteiger charge is 2.27. The molecule has 0 N–H and O–H groups in total. The van der Waals surface area contributed by atoms with Crippen LogP contribution in [0.5, 0.6) is 0 Å². The van der Waals surface area contributed by atoms with Crippen LogP contribution in [0.1, 0.15) is 33.1 Å². The monoisotopic (exact) mass is 199 g/mol. The number of carbonyl (C=O) groups is 1. The number of hydrogen-bond acceptors (Lipinski definition) is 3.